The maximum Gasteiger partial charge on any atom is 0.325 e. The van der Waals surface area contributed by atoms with Crippen LogP contribution >= 0.6 is 11.8 Å². The third-order valence-corrected chi connectivity index (χ3v) is 4.95. The van der Waals surface area contributed by atoms with Gasteiger partial charge in [-0.05, 0) is 31.9 Å². The minimum atomic E-state index is -0.536. The van der Waals surface area contributed by atoms with E-state index in [-0.39, 0.29) is 18.7 Å². The topological polar surface area (TPSA) is 126 Å². The molecule has 10 heteroatoms. The molecular formula is C18H28N6O3S. The lowest BCUT2D eigenvalue weighted by atomic mass is 10.1. The molecule has 0 radical (unpaired) electrons. The molecule has 2 rings (SSSR count). The van der Waals surface area contributed by atoms with Crippen LogP contribution in [0.4, 0.5) is 0 Å². The lowest BCUT2D eigenvalue weighted by molar-refractivity contribution is -0.121. The van der Waals surface area contributed by atoms with E-state index in [1.807, 2.05) is 6.26 Å². The molecule has 0 bridgehead atoms. The van der Waals surface area contributed by atoms with Crippen molar-refractivity contribution in [3.05, 3.63) is 37.9 Å². The summed E-state index contributed by atoms with van der Waals surface area (Å²) >= 11 is 1.58. The van der Waals surface area contributed by atoms with E-state index in [1.54, 1.807) is 18.7 Å². The number of aryl methyl sites for hydroxylation is 2. The highest BCUT2D eigenvalue weighted by Gasteiger charge is 2.13. The number of nitrogens with zero attached hydrogens (tertiary/aromatic N) is 3. The molecule has 0 unspecified atom stereocenters. The van der Waals surface area contributed by atoms with E-state index in [4.69, 9.17) is 0 Å². The molecule has 2 heterocycles. The number of amides is 1. The number of nitrogens with one attached hydrogen (secondary N) is 3. The molecule has 0 aliphatic rings. The van der Waals surface area contributed by atoms with E-state index in [2.05, 4.69) is 43.9 Å². The quantitative estimate of drug-likeness (QED) is 0.398. The summed E-state index contributed by atoms with van der Waals surface area (Å²) < 4.78 is 2.14. The Morgan fingerprint density at radius 1 is 1.21 bits per heavy atom. The third kappa shape index (κ3) is 6.08. The van der Waals surface area contributed by atoms with Crippen LogP contribution in [-0.2, 0) is 24.2 Å². The van der Waals surface area contributed by atoms with E-state index < -0.39 is 11.2 Å². The van der Waals surface area contributed by atoms with Crippen LogP contribution in [0.25, 0.3) is 0 Å². The highest BCUT2D eigenvalue weighted by molar-refractivity contribution is 7.98. The molecule has 0 atom stereocenters. The van der Waals surface area contributed by atoms with Gasteiger partial charge in [-0.15, -0.1) is 10.2 Å². The number of H-pyrrole nitrogens is 2. The van der Waals surface area contributed by atoms with Crippen LogP contribution in [0.5, 0.6) is 0 Å². The second-order valence-corrected chi connectivity index (χ2v) is 7.85. The van der Waals surface area contributed by atoms with Crippen LogP contribution < -0.4 is 16.6 Å². The van der Waals surface area contributed by atoms with Gasteiger partial charge in [-0.25, -0.2) is 4.79 Å². The van der Waals surface area contributed by atoms with E-state index in [9.17, 15) is 14.4 Å². The van der Waals surface area contributed by atoms with E-state index in [0.29, 0.717) is 23.7 Å². The first kappa shape index (κ1) is 21.9. The summed E-state index contributed by atoms with van der Waals surface area (Å²) in [6.45, 7) is 7.37. The molecule has 3 N–H and O–H groups in total. The molecular weight excluding hydrogens is 380 g/mol. The van der Waals surface area contributed by atoms with Crippen molar-refractivity contribution in [3.8, 4) is 0 Å². The van der Waals surface area contributed by atoms with Gasteiger partial charge in [0.2, 0.25) is 5.91 Å². The third-order valence-electron chi connectivity index (χ3n) is 4.28. The minimum absolute atomic E-state index is 0.126. The van der Waals surface area contributed by atoms with Crippen molar-refractivity contribution in [3.63, 3.8) is 0 Å². The normalized spacial score (nSPS) is 11.2. The molecule has 154 valence electrons. The van der Waals surface area contributed by atoms with Crippen molar-refractivity contribution in [1.29, 1.82) is 0 Å². The van der Waals surface area contributed by atoms with Gasteiger partial charge in [0.25, 0.3) is 5.56 Å². The molecule has 0 fully saturated rings. The second kappa shape index (κ2) is 10.3. The number of carbonyl (C=O) groups excluding carboxylic acids is 1. The Labute approximate surface area is 167 Å². The Balaban J connectivity index is 1.80. The van der Waals surface area contributed by atoms with Gasteiger partial charge >= 0.3 is 5.69 Å². The summed E-state index contributed by atoms with van der Waals surface area (Å²) in [7, 11) is 0. The van der Waals surface area contributed by atoms with E-state index >= 15 is 0 Å². The molecule has 0 spiro atoms. The average Bonchev–Trinajstić information content (AvgIpc) is 2.98. The number of hydrogen-bond donors (Lipinski definition) is 3. The van der Waals surface area contributed by atoms with Crippen LogP contribution in [0.15, 0.2) is 14.7 Å². The minimum Gasteiger partial charge on any atom is -0.356 e. The summed E-state index contributed by atoms with van der Waals surface area (Å²) in [6, 6.07) is 0. The van der Waals surface area contributed by atoms with Gasteiger partial charge in [0.05, 0.1) is 0 Å². The Morgan fingerprint density at radius 2 is 1.96 bits per heavy atom. The number of thioether (sulfide) groups is 1. The predicted octanol–water partition coefficient (Wildman–Crippen LogP) is 1.02. The van der Waals surface area contributed by atoms with Crippen LogP contribution in [0.3, 0.4) is 0 Å². The maximum absolute atomic E-state index is 12.0. The Morgan fingerprint density at radius 3 is 2.61 bits per heavy atom. The lowest BCUT2D eigenvalue weighted by Crippen LogP contribution is -2.29. The molecule has 1 amide bonds. The summed E-state index contributed by atoms with van der Waals surface area (Å²) in [6.07, 6.45) is 3.95. The molecule has 0 aliphatic heterocycles. The molecule has 0 saturated heterocycles. The molecule has 28 heavy (non-hydrogen) atoms. The van der Waals surface area contributed by atoms with E-state index in [1.165, 1.54) is 0 Å². The average molecular weight is 409 g/mol. The number of carbonyl (C=O) groups is 1. The maximum atomic E-state index is 12.0. The summed E-state index contributed by atoms with van der Waals surface area (Å²) in [5.74, 6) is 1.31. The van der Waals surface area contributed by atoms with Gasteiger partial charge in [0.15, 0.2) is 5.16 Å². The zero-order chi connectivity index (χ0) is 20.7. The Hall–Kier alpha value is -2.36. The predicted molar refractivity (Wildman–Crippen MR) is 109 cm³/mol. The number of aromatic amines is 2. The van der Waals surface area contributed by atoms with Crippen LogP contribution in [0.2, 0.25) is 0 Å². The fourth-order valence-electron chi connectivity index (χ4n) is 2.93. The van der Waals surface area contributed by atoms with Crippen molar-refractivity contribution in [2.24, 2.45) is 5.92 Å². The molecule has 9 nitrogen and oxygen atoms in total. The van der Waals surface area contributed by atoms with Crippen LogP contribution in [0, 0.1) is 12.8 Å². The van der Waals surface area contributed by atoms with Gasteiger partial charge in [-0.3, -0.25) is 14.6 Å². The standard InChI is InChI=1S/C18H28N6O3S/c1-11(2)10-24-14(22-23-18(24)28-4)6-5-9-19-15(25)8-7-13-12(3)20-17(27)21-16(13)26/h11H,5-10H2,1-4H3,(H,19,25)(H2,20,21,26,27). The van der Waals surface area contributed by atoms with Crippen molar-refractivity contribution in [2.75, 3.05) is 12.8 Å². The first-order chi connectivity index (χ1) is 13.3. The number of rotatable bonds is 10. The second-order valence-electron chi connectivity index (χ2n) is 7.07. The summed E-state index contributed by atoms with van der Waals surface area (Å²) in [4.78, 5) is 39.8. The fraction of sp³-hybridized carbons (Fsp3) is 0.611. The largest absolute Gasteiger partial charge is 0.356 e. The van der Waals surface area contributed by atoms with Gasteiger partial charge in [-0.2, -0.15) is 0 Å². The lowest BCUT2D eigenvalue weighted by Gasteiger charge is -2.11. The Kier molecular flexibility index (Phi) is 8.04. The molecule has 0 aromatic carbocycles. The fourth-order valence-corrected chi connectivity index (χ4v) is 3.45. The Bertz CT molecular complexity index is 915. The summed E-state index contributed by atoms with van der Waals surface area (Å²) in [5, 5.41) is 12.3. The van der Waals surface area contributed by atoms with Gasteiger partial charge in [0.1, 0.15) is 5.82 Å². The molecule has 2 aromatic rings. The zero-order valence-electron chi connectivity index (χ0n) is 16.8. The molecule has 2 aromatic heterocycles. The molecule has 0 saturated carbocycles. The van der Waals surface area contributed by atoms with E-state index in [0.717, 1.165) is 30.4 Å². The van der Waals surface area contributed by atoms with Crippen LogP contribution in [-0.4, -0.2) is 43.4 Å². The number of hydrogen-bond acceptors (Lipinski definition) is 6. The first-order valence-corrected chi connectivity index (χ1v) is 10.6. The summed E-state index contributed by atoms with van der Waals surface area (Å²) in [5.41, 5.74) is -0.0504. The monoisotopic (exact) mass is 408 g/mol. The highest BCUT2D eigenvalue weighted by Crippen LogP contribution is 2.16. The van der Waals surface area contributed by atoms with Crippen molar-refractivity contribution in [1.82, 2.24) is 30.0 Å². The van der Waals surface area contributed by atoms with Gasteiger partial charge in [0, 0.05) is 37.2 Å². The first-order valence-electron chi connectivity index (χ1n) is 9.36. The van der Waals surface area contributed by atoms with Crippen molar-refractivity contribution >= 4 is 17.7 Å². The smallest absolute Gasteiger partial charge is 0.325 e. The van der Waals surface area contributed by atoms with Gasteiger partial charge in [-0.1, -0.05) is 25.6 Å². The SMILES string of the molecule is CSc1nnc(CCCNC(=O)CCc2c(C)[nH]c(=O)[nH]c2=O)n1CC(C)C. The van der Waals surface area contributed by atoms with Crippen LogP contribution in [0.1, 0.15) is 43.8 Å². The van der Waals surface area contributed by atoms with Crippen molar-refractivity contribution < 1.29 is 4.79 Å². The number of aromatic nitrogens is 5. The molecule has 0 aliphatic carbocycles. The van der Waals surface area contributed by atoms with Crippen molar-refractivity contribution in [2.45, 2.75) is 58.2 Å². The zero-order valence-corrected chi connectivity index (χ0v) is 17.6. The highest BCUT2D eigenvalue weighted by atomic mass is 32.2. The van der Waals surface area contributed by atoms with Gasteiger partial charge < -0.3 is 14.9 Å².